The third-order valence-corrected chi connectivity index (χ3v) is 13.6. The van der Waals surface area contributed by atoms with Gasteiger partial charge in [-0.05, 0) is 92.6 Å². The number of fused-ring (bicyclic) bond motifs is 5. The fourth-order valence-corrected chi connectivity index (χ4v) is 11.0. The zero-order chi connectivity index (χ0) is 31.6. The van der Waals surface area contributed by atoms with Crippen molar-refractivity contribution in [1.29, 1.82) is 0 Å². The maximum atomic E-state index is 12.4. The van der Waals surface area contributed by atoms with Gasteiger partial charge in [-0.2, -0.15) is 0 Å². The van der Waals surface area contributed by atoms with E-state index in [0.29, 0.717) is 55.9 Å². The Hall–Kier alpha value is -1.28. The Morgan fingerprint density at radius 3 is 2.50 bits per heavy atom. The van der Waals surface area contributed by atoms with Gasteiger partial charge in [-0.15, -0.1) is 0 Å². The SMILES string of the molecule is CCCN(CCOc1c(Cl)cc(Cl)cc1Cl)C(=O)n1ccnc1.C[C@]12C(Br)CCCC1CC[C@@H]1[C@@H]2CC[C@]2(C)C(=O)CC[C@@H]12. The highest BCUT2D eigenvalue weighted by Crippen LogP contribution is 2.66. The molecule has 0 saturated heterocycles. The molecular weight excluding hydrogens is 685 g/mol. The van der Waals surface area contributed by atoms with Gasteiger partial charge in [0.15, 0.2) is 5.75 Å². The normalized spacial score (nSPS) is 32.5. The summed E-state index contributed by atoms with van der Waals surface area (Å²) < 4.78 is 7.05. The number of hydrogen-bond acceptors (Lipinski definition) is 4. The molecule has 10 heteroatoms. The van der Waals surface area contributed by atoms with Gasteiger partial charge in [-0.1, -0.05) is 77.9 Å². The van der Waals surface area contributed by atoms with Crippen molar-refractivity contribution in [2.45, 2.75) is 89.8 Å². The van der Waals surface area contributed by atoms with Crippen LogP contribution in [-0.4, -0.2) is 50.8 Å². The Kier molecular flexibility index (Phi) is 11.0. The van der Waals surface area contributed by atoms with Crippen LogP contribution in [0.3, 0.4) is 0 Å². The lowest BCUT2D eigenvalue weighted by Crippen LogP contribution is -2.56. The molecule has 4 fully saturated rings. The summed E-state index contributed by atoms with van der Waals surface area (Å²) in [5.74, 6) is 4.27. The molecule has 7 atom stereocenters. The van der Waals surface area contributed by atoms with Crippen molar-refractivity contribution in [3.8, 4) is 5.75 Å². The van der Waals surface area contributed by atoms with Crippen LogP contribution >= 0.6 is 50.7 Å². The van der Waals surface area contributed by atoms with E-state index in [9.17, 15) is 9.59 Å². The number of nitrogens with zero attached hydrogens (tertiary/aromatic N) is 3. The van der Waals surface area contributed by atoms with Crippen LogP contribution in [0.1, 0.15) is 85.0 Å². The average molecular weight is 730 g/mol. The maximum Gasteiger partial charge on any atom is 0.329 e. The second kappa shape index (κ2) is 14.2. The number of rotatable bonds is 6. The minimum Gasteiger partial charge on any atom is -0.489 e. The summed E-state index contributed by atoms with van der Waals surface area (Å²) in [4.78, 5) is 31.0. The largest absolute Gasteiger partial charge is 0.489 e. The van der Waals surface area contributed by atoms with Gasteiger partial charge in [-0.3, -0.25) is 9.36 Å². The third-order valence-electron chi connectivity index (χ3n) is 11.4. The molecule has 6 rings (SSSR count). The van der Waals surface area contributed by atoms with Crippen LogP contribution in [0.15, 0.2) is 30.9 Å². The Bertz CT molecular complexity index is 1300. The van der Waals surface area contributed by atoms with Gasteiger partial charge in [0.05, 0.1) is 16.6 Å². The number of halogens is 4. The summed E-state index contributed by atoms with van der Waals surface area (Å²) in [6.07, 6.45) is 17.0. The summed E-state index contributed by atoms with van der Waals surface area (Å²) in [6, 6.07) is 2.97. The van der Waals surface area contributed by atoms with Crippen molar-refractivity contribution in [2.24, 2.45) is 34.5 Å². The monoisotopic (exact) mass is 727 g/mol. The number of aromatic nitrogens is 2. The highest BCUT2D eigenvalue weighted by Gasteiger charge is 2.61. The predicted molar refractivity (Wildman–Crippen MR) is 181 cm³/mol. The number of benzene rings is 1. The molecule has 2 aromatic rings. The zero-order valence-electron chi connectivity index (χ0n) is 26.0. The standard InChI is InChI=1S/C19H29BrO.C15H16Cl3N3O2/c1-18-11-10-15-13(14(18)8-9-17(18)21)7-6-12-4-3-5-16(20)19(12,15)2;1-2-4-20(15(22)21-5-3-19-10-21)6-7-23-14-12(17)8-11(16)9-13(14)18/h12-16H,3-11H2,1-2H3;3,5,8-10H,2,4,6-7H2,1H3/t12?,13-,14-,15-,16?,18-,19-;/m0./s1. The quantitative estimate of drug-likeness (QED) is 0.278. The van der Waals surface area contributed by atoms with Crippen LogP contribution in [-0.2, 0) is 4.79 Å². The molecule has 4 saturated carbocycles. The second-order valence-electron chi connectivity index (χ2n) is 13.6. The van der Waals surface area contributed by atoms with Crippen molar-refractivity contribution in [2.75, 3.05) is 19.7 Å². The van der Waals surface area contributed by atoms with E-state index in [4.69, 9.17) is 39.5 Å². The van der Waals surface area contributed by atoms with Crippen molar-refractivity contribution >= 4 is 62.5 Å². The van der Waals surface area contributed by atoms with E-state index in [1.165, 1.54) is 62.3 Å². The van der Waals surface area contributed by atoms with Crippen LogP contribution in [0.5, 0.6) is 5.75 Å². The topological polar surface area (TPSA) is 64.4 Å². The molecule has 242 valence electrons. The first-order valence-corrected chi connectivity index (χ1v) is 18.3. The van der Waals surface area contributed by atoms with Crippen LogP contribution in [0.25, 0.3) is 0 Å². The lowest BCUT2D eigenvalue weighted by atomic mass is 9.45. The summed E-state index contributed by atoms with van der Waals surface area (Å²) in [5, 5.41) is 1.12. The smallest absolute Gasteiger partial charge is 0.329 e. The molecule has 1 aromatic carbocycles. The number of imidazole rings is 1. The maximum absolute atomic E-state index is 12.4. The van der Waals surface area contributed by atoms with E-state index in [2.05, 4.69) is 34.8 Å². The molecule has 1 aromatic heterocycles. The van der Waals surface area contributed by atoms with Crippen LogP contribution in [0, 0.1) is 34.5 Å². The average Bonchev–Trinajstić information content (AvgIpc) is 3.63. The molecule has 1 heterocycles. The number of carbonyl (C=O) groups is 2. The third kappa shape index (κ3) is 6.59. The lowest BCUT2D eigenvalue weighted by Gasteiger charge is -2.61. The molecule has 0 N–H and O–H groups in total. The van der Waals surface area contributed by atoms with E-state index in [-0.39, 0.29) is 18.1 Å². The van der Waals surface area contributed by atoms with Crippen LogP contribution < -0.4 is 4.74 Å². The highest BCUT2D eigenvalue weighted by atomic mass is 79.9. The predicted octanol–water partition coefficient (Wildman–Crippen LogP) is 9.96. The van der Waals surface area contributed by atoms with Crippen molar-refractivity contribution < 1.29 is 14.3 Å². The second-order valence-corrected chi connectivity index (χ2v) is 16.0. The highest BCUT2D eigenvalue weighted by molar-refractivity contribution is 9.09. The molecule has 4 aliphatic carbocycles. The summed E-state index contributed by atoms with van der Waals surface area (Å²) >= 11 is 22.1. The Morgan fingerprint density at radius 1 is 1.07 bits per heavy atom. The summed E-state index contributed by atoms with van der Waals surface area (Å²) in [7, 11) is 0. The van der Waals surface area contributed by atoms with Gasteiger partial charge >= 0.3 is 6.03 Å². The van der Waals surface area contributed by atoms with Crippen LogP contribution in [0.2, 0.25) is 15.1 Å². The fraction of sp³-hybridized carbons (Fsp3) is 0.676. The first-order valence-electron chi connectivity index (χ1n) is 16.2. The summed E-state index contributed by atoms with van der Waals surface area (Å²) in [5.41, 5.74) is 0.537. The molecule has 0 spiro atoms. The van der Waals surface area contributed by atoms with Crippen LogP contribution in [0.4, 0.5) is 4.79 Å². The number of carbonyl (C=O) groups excluding carboxylic acids is 2. The number of Topliss-reactive ketones (excluding diaryl/α,β-unsaturated/α-hetero) is 1. The van der Waals surface area contributed by atoms with Crippen molar-refractivity contribution in [1.82, 2.24) is 14.5 Å². The van der Waals surface area contributed by atoms with E-state index in [1.807, 2.05) is 6.92 Å². The Balaban J connectivity index is 0.000000175. The van der Waals surface area contributed by atoms with E-state index in [0.717, 1.165) is 30.6 Å². The molecule has 4 aliphatic rings. The number of alkyl halides is 1. The lowest BCUT2D eigenvalue weighted by molar-refractivity contribution is -0.137. The minimum atomic E-state index is -0.152. The summed E-state index contributed by atoms with van der Waals surface area (Å²) in [6.45, 7) is 8.17. The Labute approximate surface area is 285 Å². The molecular formula is C34H45BrCl3N3O3. The zero-order valence-corrected chi connectivity index (χ0v) is 29.9. The van der Waals surface area contributed by atoms with Crippen molar-refractivity contribution in [3.63, 3.8) is 0 Å². The molecule has 6 nitrogen and oxygen atoms in total. The van der Waals surface area contributed by atoms with E-state index in [1.54, 1.807) is 29.4 Å². The number of ketones is 1. The molecule has 0 bridgehead atoms. The van der Waals surface area contributed by atoms with E-state index >= 15 is 0 Å². The van der Waals surface area contributed by atoms with Gasteiger partial charge in [-0.25, -0.2) is 9.78 Å². The van der Waals surface area contributed by atoms with Gasteiger partial charge in [0, 0.05) is 40.6 Å². The number of ether oxygens (including phenoxy) is 1. The van der Waals surface area contributed by atoms with Gasteiger partial charge < -0.3 is 9.64 Å². The number of amides is 1. The van der Waals surface area contributed by atoms with Gasteiger partial charge in [0.1, 0.15) is 18.7 Å². The molecule has 2 unspecified atom stereocenters. The van der Waals surface area contributed by atoms with Gasteiger partial charge in [0.2, 0.25) is 0 Å². The Morgan fingerprint density at radius 2 is 1.82 bits per heavy atom. The molecule has 1 amide bonds. The minimum absolute atomic E-state index is 0.0425. The first kappa shape index (κ1) is 34.1. The fourth-order valence-electron chi connectivity index (χ4n) is 9.07. The molecule has 0 aliphatic heterocycles. The molecule has 0 radical (unpaired) electrons. The van der Waals surface area contributed by atoms with E-state index < -0.39 is 0 Å². The van der Waals surface area contributed by atoms with Crippen molar-refractivity contribution in [3.05, 3.63) is 45.9 Å². The molecule has 44 heavy (non-hydrogen) atoms. The first-order chi connectivity index (χ1) is 21.0. The van der Waals surface area contributed by atoms with Gasteiger partial charge in [0.25, 0.3) is 0 Å². The number of hydrogen-bond donors (Lipinski definition) is 0.